The van der Waals surface area contributed by atoms with Gasteiger partial charge in [-0.25, -0.2) is 0 Å². The number of hydrogen-bond acceptors (Lipinski definition) is 3. The summed E-state index contributed by atoms with van der Waals surface area (Å²) < 4.78 is 11.7. The first kappa shape index (κ1) is 16.1. The molecule has 0 spiro atoms. The molecule has 2 N–H and O–H groups in total. The minimum Gasteiger partial charge on any atom is -0.454 e. The zero-order valence-corrected chi connectivity index (χ0v) is 15.0. The van der Waals surface area contributed by atoms with Crippen molar-refractivity contribution in [2.75, 3.05) is 6.79 Å². The topological polar surface area (TPSA) is 42.5 Å². The summed E-state index contributed by atoms with van der Waals surface area (Å²) >= 11 is 8.81. The molecule has 0 unspecified atom stereocenters. The van der Waals surface area contributed by atoms with Gasteiger partial charge in [-0.2, -0.15) is 0 Å². The fraction of sp³-hybridized carbons (Fsp3) is 0.235. The number of hydrogen-bond donors (Lipinski definition) is 2. The lowest BCUT2D eigenvalue weighted by atomic mass is 10.1. The first-order valence-electron chi connectivity index (χ1n) is 7.30. The molecule has 0 radical (unpaired) electrons. The standard InChI is InChI=1S/C17H17BrN2O2S/c1-11(13-3-5-14(18)6-4-13)20-17(23)19-9-12-2-7-15-16(8-12)22-10-21-15/h2-8,11H,9-10H2,1H3,(H2,19,20,23)/t11-/m1/s1. The summed E-state index contributed by atoms with van der Waals surface area (Å²) in [5, 5.41) is 7.13. The third-order valence-corrected chi connectivity index (χ3v) is 4.40. The van der Waals surface area contributed by atoms with E-state index in [1.54, 1.807) is 0 Å². The lowest BCUT2D eigenvalue weighted by Crippen LogP contribution is -2.36. The molecule has 2 aromatic rings. The van der Waals surface area contributed by atoms with Crippen molar-refractivity contribution in [2.24, 2.45) is 0 Å². The molecule has 0 saturated carbocycles. The molecule has 2 aromatic carbocycles. The SMILES string of the molecule is C[C@@H](NC(=S)NCc1ccc2c(c1)OCO2)c1ccc(Br)cc1. The van der Waals surface area contributed by atoms with Crippen LogP contribution in [0.15, 0.2) is 46.9 Å². The highest BCUT2D eigenvalue weighted by atomic mass is 79.9. The summed E-state index contributed by atoms with van der Waals surface area (Å²) in [4.78, 5) is 0. The van der Waals surface area contributed by atoms with Crippen LogP contribution < -0.4 is 20.1 Å². The number of rotatable bonds is 4. The summed E-state index contributed by atoms with van der Waals surface area (Å²) in [7, 11) is 0. The van der Waals surface area contributed by atoms with E-state index in [1.165, 1.54) is 5.56 Å². The minimum atomic E-state index is 0.139. The summed E-state index contributed by atoms with van der Waals surface area (Å²) in [6.45, 7) is 3.00. The molecule has 120 valence electrons. The summed E-state index contributed by atoms with van der Waals surface area (Å²) in [5.41, 5.74) is 2.27. The van der Waals surface area contributed by atoms with E-state index in [-0.39, 0.29) is 12.8 Å². The molecule has 6 heteroatoms. The lowest BCUT2D eigenvalue weighted by Gasteiger charge is -2.17. The molecular formula is C17H17BrN2O2S. The molecule has 0 bridgehead atoms. The Morgan fingerprint density at radius 2 is 1.91 bits per heavy atom. The van der Waals surface area contributed by atoms with Crippen LogP contribution in [0.1, 0.15) is 24.1 Å². The second-order valence-electron chi connectivity index (χ2n) is 5.29. The highest BCUT2D eigenvalue weighted by Gasteiger charge is 2.13. The molecule has 0 aromatic heterocycles. The molecule has 0 amide bonds. The highest BCUT2D eigenvalue weighted by molar-refractivity contribution is 9.10. The zero-order valence-electron chi connectivity index (χ0n) is 12.6. The molecule has 23 heavy (non-hydrogen) atoms. The zero-order chi connectivity index (χ0) is 16.2. The summed E-state index contributed by atoms with van der Waals surface area (Å²) in [5.74, 6) is 1.57. The van der Waals surface area contributed by atoms with Crippen molar-refractivity contribution in [3.63, 3.8) is 0 Å². The third-order valence-electron chi connectivity index (χ3n) is 3.61. The number of halogens is 1. The molecule has 1 heterocycles. The molecule has 1 aliphatic rings. The van der Waals surface area contributed by atoms with Crippen molar-refractivity contribution < 1.29 is 9.47 Å². The monoisotopic (exact) mass is 392 g/mol. The van der Waals surface area contributed by atoms with Crippen LogP contribution in [-0.4, -0.2) is 11.9 Å². The van der Waals surface area contributed by atoms with Gasteiger partial charge in [0.05, 0.1) is 6.04 Å². The van der Waals surface area contributed by atoms with Gasteiger partial charge in [0, 0.05) is 11.0 Å². The second-order valence-corrected chi connectivity index (χ2v) is 6.61. The third kappa shape index (κ3) is 4.14. The Labute approximate surface area is 149 Å². The van der Waals surface area contributed by atoms with Crippen LogP contribution in [0, 0.1) is 0 Å². The van der Waals surface area contributed by atoms with Gasteiger partial charge in [-0.1, -0.05) is 34.1 Å². The average Bonchev–Trinajstić information content (AvgIpc) is 3.01. The molecule has 0 fully saturated rings. The first-order valence-corrected chi connectivity index (χ1v) is 8.50. The predicted octanol–water partition coefficient (Wildman–Crippen LogP) is 3.90. The van der Waals surface area contributed by atoms with Gasteiger partial charge in [0.25, 0.3) is 0 Å². The molecule has 0 aliphatic carbocycles. The number of ether oxygens (including phenoxy) is 2. The van der Waals surface area contributed by atoms with Crippen LogP contribution in [-0.2, 0) is 6.54 Å². The van der Waals surface area contributed by atoms with Gasteiger partial charge in [-0.05, 0) is 54.5 Å². The van der Waals surface area contributed by atoms with Crippen LogP contribution in [0.3, 0.4) is 0 Å². The Kier molecular flexibility index (Phi) is 5.03. The van der Waals surface area contributed by atoms with Crippen molar-refractivity contribution in [3.05, 3.63) is 58.1 Å². The molecule has 0 saturated heterocycles. The summed E-state index contributed by atoms with van der Waals surface area (Å²) in [6.07, 6.45) is 0. The van der Waals surface area contributed by atoms with Crippen molar-refractivity contribution in [1.29, 1.82) is 0 Å². The van der Waals surface area contributed by atoms with Crippen molar-refractivity contribution in [1.82, 2.24) is 10.6 Å². The Morgan fingerprint density at radius 3 is 2.70 bits per heavy atom. The Bertz CT molecular complexity index is 706. The second kappa shape index (κ2) is 7.19. The molecule has 3 rings (SSSR count). The molecule has 1 atom stereocenters. The van der Waals surface area contributed by atoms with Crippen molar-refractivity contribution in [2.45, 2.75) is 19.5 Å². The normalized spacial score (nSPS) is 13.5. The van der Waals surface area contributed by atoms with Crippen LogP contribution in [0.5, 0.6) is 11.5 Å². The van der Waals surface area contributed by atoms with E-state index in [0.717, 1.165) is 21.5 Å². The maximum atomic E-state index is 5.38. The number of nitrogens with one attached hydrogen (secondary N) is 2. The van der Waals surface area contributed by atoms with Gasteiger partial charge in [-0.3, -0.25) is 0 Å². The predicted molar refractivity (Wildman–Crippen MR) is 97.7 cm³/mol. The maximum Gasteiger partial charge on any atom is 0.231 e. The van der Waals surface area contributed by atoms with Gasteiger partial charge in [0.2, 0.25) is 6.79 Å². The number of benzene rings is 2. The fourth-order valence-electron chi connectivity index (χ4n) is 2.32. The van der Waals surface area contributed by atoms with Gasteiger partial charge >= 0.3 is 0 Å². The van der Waals surface area contributed by atoms with E-state index in [1.807, 2.05) is 30.3 Å². The van der Waals surface area contributed by atoms with Gasteiger partial charge in [0.1, 0.15) is 0 Å². The van der Waals surface area contributed by atoms with E-state index in [2.05, 4.69) is 45.6 Å². The fourth-order valence-corrected chi connectivity index (χ4v) is 2.83. The van der Waals surface area contributed by atoms with Crippen LogP contribution in [0.25, 0.3) is 0 Å². The maximum absolute atomic E-state index is 5.38. The Hall–Kier alpha value is -1.79. The van der Waals surface area contributed by atoms with Crippen LogP contribution in [0.4, 0.5) is 0 Å². The van der Waals surface area contributed by atoms with Gasteiger partial charge in [0.15, 0.2) is 16.6 Å². The average molecular weight is 393 g/mol. The highest BCUT2D eigenvalue weighted by Crippen LogP contribution is 2.32. The van der Waals surface area contributed by atoms with E-state index in [0.29, 0.717) is 11.7 Å². The smallest absolute Gasteiger partial charge is 0.231 e. The van der Waals surface area contributed by atoms with E-state index in [4.69, 9.17) is 21.7 Å². The van der Waals surface area contributed by atoms with Crippen LogP contribution in [0.2, 0.25) is 0 Å². The largest absolute Gasteiger partial charge is 0.454 e. The summed E-state index contributed by atoms with van der Waals surface area (Å²) in [6, 6.07) is 14.2. The quantitative estimate of drug-likeness (QED) is 0.772. The number of thiocarbonyl (C=S) groups is 1. The molecule has 4 nitrogen and oxygen atoms in total. The van der Waals surface area contributed by atoms with E-state index >= 15 is 0 Å². The minimum absolute atomic E-state index is 0.139. The lowest BCUT2D eigenvalue weighted by molar-refractivity contribution is 0.174. The number of fused-ring (bicyclic) bond motifs is 1. The van der Waals surface area contributed by atoms with Crippen molar-refractivity contribution >= 4 is 33.3 Å². The van der Waals surface area contributed by atoms with E-state index in [9.17, 15) is 0 Å². The van der Waals surface area contributed by atoms with Crippen molar-refractivity contribution in [3.8, 4) is 11.5 Å². The van der Waals surface area contributed by atoms with E-state index < -0.39 is 0 Å². The van der Waals surface area contributed by atoms with Gasteiger partial charge in [-0.15, -0.1) is 0 Å². The Balaban J connectivity index is 1.52. The van der Waals surface area contributed by atoms with Gasteiger partial charge < -0.3 is 20.1 Å². The molecular weight excluding hydrogens is 376 g/mol. The molecule has 1 aliphatic heterocycles. The Morgan fingerprint density at radius 1 is 1.17 bits per heavy atom. The first-order chi connectivity index (χ1) is 11.1. The van der Waals surface area contributed by atoms with Crippen LogP contribution >= 0.6 is 28.1 Å².